The van der Waals surface area contributed by atoms with E-state index in [1.165, 1.54) is 126 Å². The molecular formula is C60H36N2. The molecule has 0 radical (unpaired) electrons. The highest BCUT2D eigenvalue weighted by molar-refractivity contribution is 6.21. The molecule has 2 heterocycles. The minimum absolute atomic E-state index is 1.16. The molecule has 62 heavy (non-hydrogen) atoms. The normalized spacial score (nSPS) is 12.2. The molecule has 286 valence electrons. The van der Waals surface area contributed by atoms with Crippen molar-refractivity contribution in [1.82, 2.24) is 9.13 Å². The summed E-state index contributed by atoms with van der Waals surface area (Å²) in [7, 11) is 0. The van der Waals surface area contributed by atoms with Gasteiger partial charge < -0.3 is 9.13 Å². The third-order valence-electron chi connectivity index (χ3n) is 13.6. The minimum Gasteiger partial charge on any atom is -0.309 e. The van der Waals surface area contributed by atoms with Crippen molar-refractivity contribution in [2.24, 2.45) is 0 Å². The molecule has 2 heteroatoms. The average Bonchev–Trinajstić information content (AvgIpc) is 3.98. The fourth-order valence-electron chi connectivity index (χ4n) is 10.8. The molecule has 0 spiro atoms. The third-order valence-corrected chi connectivity index (χ3v) is 13.6. The van der Waals surface area contributed by atoms with Crippen molar-refractivity contribution in [3.63, 3.8) is 0 Å². The van der Waals surface area contributed by atoms with Gasteiger partial charge in [0, 0.05) is 38.3 Å². The van der Waals surface area contributed by atoms with Crippen LogP contribution in [0.4, 0.5) is 0 Å². The molecule has 1 aliphatic carbocycles. The molecule has 0 aliphatic heterocycles. The lowest BCUT2D eigenvalue weighted by Gasteiger charge is -2.13. The monoisotopic (exact) mass is 784 g/mol. The summed E-state index contributed by atoms with van der Waals surface area (Å²) in [5.41, 5.74) is 17.4. The van der Waals surface area contributed by atoms with Gasteiger partial charge in [0.05, 0.1) is 22.1 Å². The number of nitrogens with zero attached hydrogens (tertiary/aromatic N) is 2. The Bertz CT molecular complexity index is 4000. The van der Waals surface area contributed by atoms with Crippen LogP contribution in [-0.2, 0) is 0 Å². The van der Waals surface area contributed by atoms with Gasteiger partial charge in [0.1, 0.15) is 0 Å². The van der Waals surface area contributed by atoms with Gasteiger partial charge in [-0.25, -0.2) is 0 Å². The lowest BCUT2D eigenvalue weighted by atomic mass is 9.93. The van der Waals surface area contributed by atoms with E-state index >= 15 is 0 Å². The van der Waals surface area contributed by atoms with E-state index in [1.807, 2.05) is 0 Å². The van der Waals surface area contributed by atoms with Crippen LogP contribution in [0, 0.1) is 0 Å². The zero-order valence-electron chi connectivity index (χ0n) is 33.7. The minimum atomic E-state index is 1.16. The van der Waals surface area contributed by atoms with E-state index in [1.54, 1.807) is 0 Å². The van der Waals surface area contributed by atoms with E-state index in [-0.39, 0.29) is 0 Å². The molecule has 2 aromatic heterocycles. The maximum atomic E-state index is 2.49. The van der Waals surface area contributed by atoms with Crippen molar-refractivity contribution in [3.8, 4) is 55.9 Å². The van der Waals surface area contributed by atoms with Gasteiger partial charge in [-0.3, -0.25) is 0 Å². The maximum absolute atomic E-state index is 2.49. The van der Waals surface area contributed by atoms with Gasteiger partial charge in [0.15, 0.2) is 0 Å². The van der Waals surface area contributed by atoms with Crippen LogP contribution in [-0.4, -0.2) is 9.13 Å². The highest BCUT2D eigenvalue weighted by atomic mass is 15.0. The van der Waals surface area contributed by atoms with Crippen molar-refractivity contribution >= 4 is 75.9 Å². The Kier molecular flexibility index (Phi) is 6.86. The largest absolute Gasteiger partial charge is 0.309 e. The Hall–Kier alpha value is -8.20. The van der Waals surface area contributed by atoms with Crippen LogP contribution in [0.15, 0.2) is 218 Å². The van der Waals surface area contributed by atoms with Crippen molar-refractivity contribution < 1.29 is 0 Å². The number of hydrogen-bond donors (Lipinski definition) is 0. The number of hydrogen-bond acceptors (Lipinski definition) is 0. The number of aromatic nitrogens is 2. The van der Waals surface area contributed by atoms with Crippen LogP contribution in [0.25, 0.3) is 132 Å². The second-order valence-electron chi connectivity index (χ2n) is 16.9. The molecule has 0 saturated carbocycles. The molecule has 0 atom stereocenters. The molecular weight excluding hydrogens is 749 g/mol. The Labute approximate surface area is 357 Å². The molecule has 0 fully saturated rings. The van der Waals surface area contributed by atoms with E-state index in [0.29, 0.717) is 0 Å². The van der Waals surface area contributed by atoms with Crippen LogP contribution >= 0.6 is 0 Å². The zero-order valence-corrected chi connectivity index (χ0v) is 33.7. The van der Waals surface area contributed by atoms with E-state index in [2.05, 4.69) is 228 Å². The fourth-order valence-corrected chi connectivity index (χ4v) is 10.8. The molecule has 13 aromatic rings. The number of benzene rings is 11. The lowest BCUT2D eigenvalue weighted by molar-refractivity contribution is 1.18. The van der Waals surface area contributed by atoms with E-state index in [0.717, 1.165) is 5.69 Å². The smallest absolute Gasteiger partial charge is 0.0619 e. The number of para-hydroxylation sites is 2. The topological polar surface area (TPSA) is 9.86 Å². The Morgan fingerprint density at radius 2 is 0.855 bits per heavy atom. The standard InChI is InChI=1S/C60H36N2/c1-2-12-43(13-3-1)61-56-20-9-8-17-49(56)50-28-25-41(36-58(50)61)40-26-32-57-55(35-40)54-29-24-37-11-4-5-14-46(37)60(54)62(57)44-27-23-38-33-42(22-21-39(38)34-44)45-30-31-53-48-16-7-6-15-47(48)52-19-10-18-51(45)59(52)53/h1-36H. The summed E-state index contributed by atoms with van der Waals surface area (Å²) >= 11 is 0. The van der Waals surface area contributed by atoms with Crippen molar-refractivity contribution in [2.75, 3.05) is 0 Å². The first-order valence-corrected chi connectivity index (χ1v) is 21.5. The predicted molar refractivity (Wildman–Crippen MR) is 263 cm³/mol. The molecule has 0 amide bonds. The second kappa shape index (κ2) is 12.7. The quantitative estimate of drug-likeness (QED) is 0.168. The van der Waals surface area contributed by atoms with E-state index < -0.39 is 0 Å². The van der Waals surface area contributed by atoms with Crippen LogP contribution < -0.4 is 0 Å². The highest BCUT2D eigenvalue weighted by Crippen LogP contribution is 2.49. The average molecular weight is 785 g/mol. The van der Waals surface area contributed by atoms with Gasteiger partial charge >= 0.3 is 0 Å². The van der Waals surface area contributed by atoms with Crippen molar-refractivity contribution in [3.05, 3.63) is 218 Å². The Morgan fingerprint density at radius 3 is 1.76 bits per heavy atom. The molecule has 0 unspecified atom stereocenters. The third kappa shape index (κ3) is 4.69. The Morgan fingerprint density at radius 1 is 0.242 bits per heavy atom. The number of rotatable bonds is 4. The second-order valence-corrected chi connectivity index (χ2v) is 16.9. The first-order valence-electron chi connectivity index (χ1n) is 21.5. The highest BCUT2D eigenvalue weighted by Gasteiger charge is 2.23. The Balaban J connectivity index is 0.927. The summed E-state index contributed by atoms with van der Waals surface area (Å²) in [4.78, 5) is 0. The SMILES string of the molecule is c1ccc(-n2c3ccccc3c3ccc(-c4ccc5c(c4)c4ccc6ccccc6c4n5-c4ccc5cc(-c6ccc7c8c(cccc68)-c6ccccc6-7)ccc5c4)cc32)cc1. The summed E-state index contributed by atoms with van der Waals surface area (Å²) in [5, 5.41) is 12.6. The summed E-state index contributed by atoms with van der Waals surface area (Å²) in [6.45, 7) is 0. The van der Waals surface area contributed by atoms with Gasteiger partial charge in [-0.2, -0.15) is 0 Å². The first-order chi connectivity index (χ1) is 30.7. The van der Waals surface area contributed by atoms with Crippen LogP contribution in [0.3, 0.4) is 0 Å². The van der Waals surface area contributed by atoms with Crippen LogP contribution in [0.5, 0.6) is 0 Å². The van der Waals surface area contributed by atoms with Gasteiger partial charge in [0.25, 0.3) is 0 Å². The fraction of sp³-hybridized carbons (Fsp3) is 0. The molecule has 14 rings (SSSR count). The van der Waals surface area contributed by atoms with Crippen molar-refractivity contribution in [2.45, 2.75) is 0 Å². The van der Waals surface area contributed by atoms with Gasteiger partial charge in [-0.1, -0.05) is 164 Å². The maximum Gasteiger partial charge on any atom is 0.0619 e. The van der Waals surface area contributed by atoms with Gasteiger partial charge in [-0.15, -0.1) is 0 Å². The summed E-state index contributed by atoms with van der Waals surface area (Å²) < 4.78 is 4.89. The van der Waals surface area contributed by atoms with Gasteiger partial charge in [-0.05, 0) is 126 Å². The van der Waals surface area contributed by atoms with E-state index in [4.69, 9.17) is 0 Å². The molecule has 0 bridgehead atoms. The summed E-state index contributed by atoms with van der Waals surface area (Å²) in [6.07, 6.45) is 0. The van der Waals surface area contributed by atoms with E-state index in [9.17, 15) is 0 Å². The summed E-state index contributed by atoms with van der Waals surface area (Å²) in [5.74, 6) is 0. The predicted octanol–water partition coefficient (Wildman–Crippen LogP) is 16.3. The lowest BCUT2D eigenvalue weighted by Crippen LogP contribution is -1.95. The van der Waals surface area contributed by atoms with Crippen molar-refractivity contribution in [1.29, 1.82) is 0 Å². The molecule has 1 aliphatic rings. The van der Waals surface area contributed by atoms with Crippen LogP contribution in [0.2, 0.25) is 0 Å². The first kappa shape index (κ1) is 33.6. The van der Waals surface area contributed by atoms with Crippen LogP contribution in [0.1, 0.15) is 0 Å². The number of fused-ring (bicyclic) bond motifs is 12. The molecule has 0 N–H and O–H groups in total. The molecule has 0 saturated heterocycles. The molecule has 2 nitrogen and oxygen atoms in total. The van der Waals surface area contributed by atoms with Gasteiger partial charge in [0.2, 0.25) is 0 Å². The zero-order chi connectivity index (χ0) is 40.5. The summed E-state index contributed by atoms with van der Waals surface area (Å²) in [6, 6.07) is 81.0. The molecule has 11 aromatic carbocycles.